The number of aromatic nitrogens is 1. The number of rotatable bonds is 3. The van der Waals surface area contributed by atoms with Crippen molar-refractivity contribution in [3.05, 3.63) is 40.7 Å². The van der Waals surface area contributed by atoms with Gasteiger partial charge >= 0.3 is 0 Å². The summed E-state index contributed by atoms with van der Waals surface area (Å²) in [5.41, 5.74) is 6.58. The second-order valence-corrected chi connectivity index (χ2v) is 3.46. The van der Waals surface area contributed by atoms with Crippen LogP contribution >= 0.6 is 23.2 Å². The molecule has 0 saturated carbocycles. The molecular formula is C9H10Cl2N2. The number of pyridine rings is 1. The monoisotopic (exact) mass is 216 g/mol. The Labute approximate surface area is 87.4 Å². The molecule has 0 saturated heterocycles. The van der Waals surface area contributed by atoms with Gasteiger partial charge in [-0.3, -0.25) is 0 Å². The summed E-state index contributed by atoms with van der Waals surface area (Å²) in [6.07, 6.45) is 3.89. The molecule has 0 amide bonds. The number of hydrogen-bond acceptors (Lipinski definition) is 2. The van der Waals surface area contributed by atoms with Crippen LogP contribution in [0.2, 0.25) is 10.2 Å². The maximum absolute atomic E-state index is 5.84. The molecule has 0 bridgehead atoms. The molecule has 1 rings (SSSR count). The standard InChI is InChI=1S/C9H10Cl2N2/c1-2-3-8(12)7-4-6(10)5-13-9(7)11/h2,4-5,8H,1,3,12H2/t8-/m0/s1. The molecular weight excluding hydrogens is 207 g/mol. The minimum Gasteiger partial charge on any atom is -0.324 e. The summed E-state index contributed by atoms with van der Waals surface area (Å²) in [5, 5.41) is 0.942. The Bertz CT molecular complexity index is 312. The summed E-state index contributed by atoms with van der Waals surface area (Å²) < 4.78 is 0. The van der Waals surface area contributed by atoms with Crippen molar-refractivity contribution in [2.45, 2.75) is 12.5 Å². The second kappa shape index (κ2) is 4.61. The molecule has 1 atom stereocenters. The molecule has 2 N–H and O–H groups in total. The molecule has 1 aromatic rings. The summed E-state index contributed by atoms with van der Waals surface area (Å²) in [5.74, 6) is 0. The van der Waals surface area contributed by atoms with Crippen LogP contribution in [0.1, 0.15) is 18.0 Å². The zero-order valence-electron chi connectivity index (χ0n) is 7.00. The van der Waals surface area contributed by atoms with Crippen molar-refractivity contribution in [1.29, 1.82) is 0 Å². The second-order valence-electron chi connectivity index (χ2n) is 2.66. The van der Waals surface area contributed by atoms with E-state index in [4.69, 9.17) is 28.9 Å². The fourth-order valence-corrected chi connectivity index (χ4v) is 1.41. The summed E-state index contributed by atoms with van der Waals surface area (Å²) in [6, 6.07) is 1.54. The minimum atomic E-state index is -0.184. The third-order valence-electron chi connectivity index (χ3n) is 1.65. The predicted octanol–water partition coefficient (Wildman–Crippen LogP) is 2.96. The van der Waals surface area contributed by atoms with Gasteiger partial charge in [-0.25, -0.2) is 4.98 Å². The van der Waals surface area contributed by atoms with Crippen molar-refractivity contribution in [3.63, 3.8) is 0 Å². The number of halogens is 2. The van der Waals surface area contributed by atoms with Gasteiger partial charge in [0.05, 0.1) is 5.02 Å². The third kappa shape index (κ3) is 2.69. The van der Waals surface area contributed by atoms with Crippen LogP contribution in [-0.2, 0) is 0 Å². The molecule has 0 aromatic carbocycles. The molecule has 0 aliphatic carbocycles. The maximum Gasteiger partial charge on any atom is 0.133 e. The van der Waals surface area contributed by atoms with Crippen molar-refractivity contribution < 1.29 is 0 Å². The number of nitrogens with two attached hydrogens (primary N) is 1. The molecule has 2 nitrogen and oxygen atoms in total. The first-order chi connectivity index (χ1) is 6.15. The summed E-state index contributed by atoms with van der Waals surface area (Å²) in [6.45, 7) is 3.60. The highest BCUT2D eigenvalue weighted by atomic mass is 35.5. The van der Waals surface area contributed by atoms with E-state index in [0.29, 0.717) is 16.6 Å². The first-order valence-corrected chi connectivity index (χ1v) is 4.58. The highest BCUT2D eigenvalue weighted by Gasteiger charge is 2.09. The van der Waals surface area contributed by atoms with Crippen LogP contribution in [0.25, 0.3) is 0 Å². The Morgan fingerprint density at radius 3 is 2.92 bits per heavy atom. The van der Waals surface area contributed by atoms with Crippen LogP contribution < -0.4 is 5.73 Å². The van der Waals surface area contributed by atoms with Crippen LogP contribution in [0.3, 0.4) is 0 Å². The molecule has 0 radical (unpaired) electrons. The van der Waals surface area contributed by atoms with E-state index in [1.54, 1.807) is 12.1 Å². The van der Waals surface area contributed by atoms with Gasteiger partial charge in [0.2, 0.25) is 0 Å². The molecule has 0 fully saturated rings. The van der Waals surface area contributed by atoms with Crippen molar-refractivity contribution in [3.8, 4) is 0 Å². The Hall–Kier alpha value is -0.570. The largest absolute Gasteiger partial charge is 0.324 e. The smallest absolute Gasteiger partial charge is 0.133 e. The van der Waals surface area contributed by atoms with E-state index in [1.165, 1.54) is 6.20 Å². The lowest BCUT2D eigenvalue weighted by Crippen LogP contribution is -2.10. The van der Waals surface area contributed by atoms with Crippen molar-refractivity contribution in [2.24, 2.45) is 5.73 Å². The zero-order valence-corrected chi connectivity index (χ0v) is 8.52. The van der Waals surface area contributed by atoms with Gasteiger partial charge in [-0.1, -0.05) is 29.3 Å². The maximum atomic E-state index is 5.84. The average Bonchev–Trinajstić information content (AvgIpc) is 2.09. The summed E-state index contributed by atoms with van der Waals surface area (Å²) in [4.78, 5) is 3.90. The first-order valence-electron chi connectivity index (χ1n) is 3.82. The lowest BCUT2D eigenvalue weighted by atomic mass is 10.1. The van der Waals surface area contributed by atoms with Crippen LogP contribution in [-0.4, -0.2) is 4.98 Å². The van der Waals surface area contributed by atoms with Crippen LogP contribution in [0, 0.1) is 0 Å². The summed E-state index contributed by atoms with van der Waals surface area (Å²) >= 11 is 11.6. The molecule has 0 spiro atoms. The molecule has 70 valence electrons. The van der Waals surface area contributed by atoms with E-state index in [-0.39, 0.29) is 6.04 Å². The van der Waals surface area contributed by atoms with Crippen LogP contribution in [0.5, 0.6) is 0 Å². The van der Waals surface area contributed by atoms with E-state index in [1.807, 2.05) is 0 Å². The van der Waals surface area contributed by atoms with E-state index < -0.39 is 0 Å². The molecule has 0 aliphatic rings. The third-order valence-corrected chi connectivity index (χ3v) is 2.18. The predicted molar refractivity (Wildman–Crippen MR) is 56.0 cm³/mol. The Kier molecular flexibility index (Phi) is 3.72. The van der Waals surface area contributed by atoms with Gasteiger partial charge in [0.1, 0.15) is 5.15 Å². The van der Waals surface area contributed by atoms with Gasteiger partial charge in [0.25, 0.3) is 0 Å². The van der Waals surface area contributed by atoms with E-state index >= 15 is 0 Å². The van der Waals surface area contributed by atoms with E-state index in [0.717, 1.165) is 5.56 Å². The summed E-state index contributed by atoms with van der Waals surface area (Å²) in [7, 11) is 0. The molecule has 1 aromatic heterocycles. The van der Waals surface area contributed by atoms with Crippen molar-refractivity contribution in [2.75, 3.05) is 0 Å². The molecule has 0 unspecified atom stereocenters. The molecule has 4 heteroatoms. The van der Waals surface area contributed by atoms with Gasteiger partial charge in [-0.2, -0.15) is 0 Å². The van der Waals surface area contributed by atoms with Crippen LogP contribution in [0.4, 0.5) is 0 Å². The first kappa shape index (κ1) is 10.5. The molecule has 0 aliphatic heterocycles. The van der Waals surface area contributed by atoms with Crippen molar-refractivity contribution in [1.82, 2.24) is 4.98 Å². The Morgan fingerprint density at radius 2 is 2.31 bits per heavy atom. The highest BCUT2D eigenvalue weighted by Crippen LogP contribution is 2.24. The lowest BCUT2D eigenvalue weighted by Gasteiger charge is -2.10. The Morgan fingerprint density at radius 1 is 1.62 bits per heavy atom. The Balaban J connectivity index is 2.97. The van der Waals surface area contributed by atoms with Gasteiger partial charge in [-0.05, 0) is 12.5 Å². The van der Waals surface area contributed by atoms with Crippen molar-refractivity contribution >= 4 is 23.2 Å². The molecule has 13 heavy (non-hydrogen) atoms. The lowest BCUT2D eigenvalue weighted by molar-refractivity contribution is 0.738. The molecule has 1 heterocycles. The average molecular weight is 217 g/mol. The zero-order chi connectivity index (χ0) is 9.84. The number of hydrogen-bond donors (Lipinski definition) is 1. The van der Waals surface area contributed by atoms with E-state index in [2.05, 4.69) is 11.6 Å². The topological polar surface area (TPSA) is 38.9 Å². The van der Waals surface area contributed by atoms with Crippen LogP contribution in [0.15, 0.2) is 24.9 Å². The quantitative estimate of drug-likeness (QED) is 0.624. The van der Waals surface area contributed by atoms with E-state index in [9.17, 15) is 0 Å². The SMILES string of the molecule is C=CC[C@H](N)c1cc(Cl)cnc1Cl. The van der Waals surface area contributed by atoms with Gasteiger partial charge < -0.3 is 5.73 Å². The fraction of sp³-hybridized carbons (Fsp3) is 0.222. The fourth-order valence-electron chi connectivity index (χ4n) is 1.00. The van der Waals surface area contributed by atoms with Gasteiger partial charge in [0.15, 0.2) is 0 Å². The minimum absolute atomic E-state index is 0.184. The van der Waals surface area contributed by atoms with Gasteiger partial charge in [0, 0.05) is 17.8 Å². The highest BCUT2D eigenvalue weighted by molar-refractivity contribution is 6.32. The van der Waals surface area contributed by atoms with Gasteiger partial charge in [-0.15, -0.1) is 6.58 Å². The normalized spacial score (nSPS) is 12.5. The number of nitrogens with zero attached hydrogens (tertiary/aromatic N) is 1.